The molecule has 6 nitrogen and oxygen atoms in total. The molecule has 1 aromatic carbocycles. The van der Waals surface area contributed by atoms with E-state index >= 15 is 0 Å². The molecule has 0 unspecified atom stereocenters. The summed E-state index contributed by atoms with van der Waals surface area (Å²) < 4.78 is 0. The van der Waals surface area contributed by atoms with E-state index in [2.05, 4.69) is 49.4 Å². The third kappa shape index (κ3) is 2.94. The van der Waals surface area contributed by atoms with E-state index in [-0.39, 0.29) is 11.9 Å². The summed E-state index contributed by atoms with van der Waals surface area (Å²) in [6, 6.07) is 12.4. The number of anilines is 1. The van der Waals surface area contributed by atoms with Crippen molar-refractivity contribution in [1.82, 2.24) is 20.2 Å². The Hall–Kier alpha value is -2.47. The van der Waals surface area contributed by atoms with Crippen LogP contribution in [0.3, 0.4) is 0 Å². The van der Waals surface area contributed by atoms with Crippen molar-refractivity contribution in [3.8, 4) is 0 Å². The molecular formula is C20H25N5O. The molecule has 1 amide bonds. The lowest BCUT2D eigenvalue weighted by atomic mass is 9.74. The lowest BCUT2D eigenvalue weighted by Crippen LogP contribution is -2.58. The van der Waals surface area contributed by atoms with Crippen LogP contribution in [0.2, 0.25) is 0 Å². The predicted octanol–water partition coefficient (Wildman–Crippen LogP) is 1.69. The molecule has 4 rings (SSSR count). The molecule has 1 N–H and O–H groups in total. The molecule has 136 valence electrons. The summed E-state index contributed by atoms with van der Waals surface area (Å²) in [6.07, 6.45) is 5.43. The predicted molar refractivity (Wildman–Crippen MR) is 101 cm³/mol. The van der Waals surface area contributed by atoms with Crippen molar-refractivity contribution >= 4 is 11.9 Å². The minimum absolute atomic E-state index is 0.0994. The summed E-state index contributed by atoms with van der Waals surface area (Å²) in [5.41, 5.74) is 0.877. The molecule has 0 aliphatic carbocycles. The molecule has 6 heteroatoms. The second-order valence-electron chi connectivity index (χ2n) is 7.25. The van der Waals surface area contributed by atoms with Gasteiger partial charge >= 0.3 is 0 Å². The van der Waals surface area contributed by atoms with Gasteiger partial charge in [-0.3, -0.25) is 9.69 Å². The van der Waals surface area contributed by atoms with Gasteiger partial charge in [0.15, 0.2) is 0 Å². The Morgan fingerprint density at radius 2 is 2.00 bits per heavy atom. The quantitative estimate of drug-likeness (QED) is 0.908. The Balaban J connectivity index is 1.64. The van der Waals surface area contributed by atoms with Crippen LogP contribution >= 0.6 is 0 Å². The summed E-state index contributed by atoms with van der Waals surface area (Å²) in [5, 5.41) is 2.92. The van der Waals surface area contributed by atoms with Crippen LogP contribution in [0.25, 0.3) is 0 Å². The van der Waals surface area contributed by atoms with Crippen molar-refractivity contribution in [2.75, 3.05) is 31.6 Å². The Bertz CT molecular complexity index is 753. The number of fused-ring (bicyclic) bond motifs is 1. The van der Waals surface area contributed by atoms with Crippen molar-refractivity contribution in [2.45, 2.75) is 25.4 Å². The zero-order valence-corrected chi connectivity index (χ0v) is 15.1. The van der Waals surface area contributed by atoms with E-state index in [1.54, 1.807) is 19.4 Å². The van der Waals surface area contributed by atoms with Gasteiger partial charge < -0.3 is 10.2 Å². The van der Waals surface area contributed by atoms with Crippen LogP contribution in [-0.2, 0) is 11.3 Å². The molecular weight excluding hydrogens is 326 g/mol. The fraction of sp³-hybridized carbons (Fsp3) is 0.450. The number of nitrogens with zero attached hydrogens (tertiary/aromatic N) is 4. The van der Waals surface area contributed by atoms with E-state index in [1.807, 2.05) is 12.1 Å². The molecule has 26 heavy (non-hydrogen) atoms. The van der Waals surface area contributed by atoms with Gasteiger partial charge in [0.05, 0.1) is 11.5 Å². The highest BCUT2D eigenvalue weighted by Crippen LogP contribution is 2.43. The molecule has 0 spiro atoms. The zero-order chi connectivity index (χ0) is 18.0. The average molecular weight is 351 g/mol. The number of rotatable bonds is 4. The molecule has 3 heterocycles. The molecule has 2 atom stereocenters. The summed E-state index contributed by atoms with van der Waals surface area (Å²) in [7, 11) is 1.74. The number of carbonyl (C=O) groups is 1. The standard InChI is InChI=1S/C20H25N5O/c1-21-18(26)20-9-5-12-25(19-22-10-6-11-23-19)17(20)14-24(15-20)13-16-7-3-2-4-8-16/h2-4,6-8,10-11,17H,5,9,12-15H2,1H3,(H,21,26)/t17-,20+/m0/s1. The first-order valence-corrected chi connectivity index (χ1v) is 9.25. The van der Waals surface area contributed by atoms with E-state index in [4.69, 9.17) is 0 Å². The fourth-order valence-corrected chi connectivity index (χ4v) is 4.58. The maximum atomic E-state index is 12.9. The number of hydrogen-bond acceptors (Lipinski definition) is 5. The lowest BCUT2D eigenvalue weighted by molar-refractivity contribution is -0.131. The van der Waals surface area contributed by atoms with Gasteiger partial charge in [0, 0.05) is 45.6 Å². The van der Waals surface area contributed by atoms with Crippen LogP contribution in [0.15, 0.2) is 48.8 Å². The van der Waals surface area contributed by atoms with Crippen LogP contribution in [-0.4, -0.2) is 53.5 Å². The van der Waals surface area contributed by atoms with E-state index in [1.165, 1.54) is 5.56 Å². The third-order valence-electron chi connectivity index (χ3n) is 5.71. The minimum Gasteiger partial charge on any atom is -0.359 e. The van der Waals surface area contributed by atoms with Crippen molar-refractivity contribution < 1.29 is 4.79 Å². The molecule has 2 aliphatic heterocycles. The number of piperidine rings is 1. The van der Waals surface area contributed by atoms with Crippen LogP contribution in [0.5, 0.6) is 0 Å². The van der Waals surface area contributed by atoms with Crippen LogP contribution in [0, 0.1) is 5.41 Å². The maximum Gasteiger partial charge on any atom is 0.229 e. The van der Waals surface area contributed by atoms with Crippen LogP contribution < -0.4 is 10.2 Å². The number of likely N-dealkylation sites (tertiary alicyclic amines) is 1. The van der Waals surface area contributed by atoms with Crippen LogP contribution in [0.4, 0.5) is 5.95 Å². The normalized spacial score (nSPS) is 25.7. The van der Waals surface area contributed by atoms with Gasteiger partial charge in [-0.05, 0) is 24.5 Å². The summed E-state index contributed by atoms with van der Waals surface area (Å²) >= 11 is 0. The molecule has 2 saturated heterocycles. The lowest BCUT2D eigenvalue weighted by Gasteiger charge is -2.44. The number of hydrogen-bond donors (Lipinski definition) is 1. The van der Waals surface area contributed by atoms with Gasteiger partial charge in [0.2, 0.25) is 11.9 Å². The molecule has 1 aromatic heterocycles. The Labute approximate surface area is 154 Å². The second kappa shape index (κ2) is 7.03. The van der Waals surface area contributed by atoms with E-state index in [0.29, 0.717) is 0 Å². The molecule has 2 aliphatic rings. The number of aromatic nitrogens is 2. The van der Waals surface area contributed by atoms with E-state index in [9.17, 15) is 4.79 Å². The van der Waals surface area contributed by atoms with Gasteiger partial charge in [0.25, 0.3) is 0 Å². The van der Waals surface area contributed by atoms with Gasteiger partial charge in [-0.1, -0.05) is 30.3 Å². The van der Waals surface area contributed by atoms with Crippen molar-refractivity contribution in [3.63, 3.8) is 0 Å². The van der Waals surface area contributed by atoms with E-state index in [0.717, 1.165) is 45.0 Å². The molecule has 0 radical (unpaired) electrons. The van der Waals surface area contributed by atoms with Gasteiger partial charge in [-0.25, -0.2) is 9.97 Å². The number of carbonyl (C=O) groups excluding carboxylic acids is 1. The minimum atomic E-state index is -0.402. The first-order chi connectivity index (χ1) is 12.7. The third-order valence-corrected chi connectivity index (χ3v) is 5.71. The van der Waals surface area contributed by atoms with Gasteiger partial charge in [-0.15, -0.1) is 0 Å². The highest BCUT2D eigenvalue weighted by atomic mass is 16.2. The van der Waals surface area contributed by atoms with Crippen molar-refractivity contribution in [3.05, 3.63) is 54.4 Å². The highest BCUT2D eigenvalue weighted by Gasteiger charge is 2.55. The monoisotopic (exact) mass is 351 g/mol. The topological polar surface area (TPSA) is 61.4 Å². The Morgan fingerprint density at radius 3 is 2.73 bits per heavy atom. The second-order valence-corrected chi connectivity index (χ2v) is 7.25. The smallest absolute Gasteiger partial charge is 0.229 e. The first kappa shape index (κ1) is 17.0. The van der Waals surface area contributed by atoms with Crippen molar-refractivity contribution in [2.24, 2.45) is 5.41 Å². The first-order valence-electron chi connectivity index (χ1n) is 9.25. The van der Waals surface area contributed by atoms with Gasteiger partial charge in [-0.2, -0.15) is 0 Å². The van der Waals surface area contributed by atoms with Crippen LogP contribution in [0.1, 0.15) is 18.4 Å². The summed E-state index contributed by atoms with van der Waals surface area (Å²) in [6.45, 7) is 3.38. The molecule has 2 aromatic rings. The zero-order valence-electron chi connectivity index (χ0n) is 15.1. The highest BCUT2D eigenvalue weighted by molar-refractivity contribution is 5.85. The Kier molecular flexibility index (Phi) is 4.59. The molecule has 0 saturated carbocycles. The van der Waals surface area contributed by atoms with E-state index < -0.39 is 5.41 Å². The molecule has 0 bridgehead atoms. The molecule has 2 fully saturated rings. The van der Waals surface area contributed by atoms with Crippen molar-refractivity contribution in [1.29, 1.82) is 0 Å². The summed E-state index contributed by atoms with van der Waals surface area (Å²) in [5.74, 6) is 0.866. The average Bonchev–Trinajstić information content (AvgIpc) is 3.08. The SMILES string of the molecule is CNC(=O)[C@@]12CCCN(c3ncccn3)[C@H]1CN(Cc1ccccc1)C2. The Morgan fingerprint density at radius 1 is 1.23 bits per heavy atom. The number of benzene rings is 1. The maximum absolute atomic E-state index is 12.9. The number of amides is 1. The van der Waals surface area contributed by atoms with Gasteiger partial charge in [0.1, 0.15) is 0 Å². The number of nitrogens with one attached hydrogen (secondary N) is 1. The fourth-order valence-electron chi connectivity index (χ4n) is 4.58. The summed E-state index contributed by atoms with van der Waals surface area (Å²) in [4.78, 5) is 26.5. The largest absolute Gasteiger partial charge is 0.359 e.